The standard InChI is InChI=1S/C16H12BrNO2S/c1-2-9-6-7-14(21-9)13-8-11(16(19)20)10-4-3-5-12(17)15(10)18-13/h3-8H,2H2,1H3,(H,19,20). The average Bonchev–Trinajstić information content (AvgIpc) is 2.95. The fraction of sp³-hybridized carbons (Fsp3) is 0.125. The maximum Gasteiger partial charge on any atom is 0.336 e. The maximum absolute atomic E-state index is 11.5. The van der Waals surface area contributed by atoms with Crippen molar-refractivity contribution in [3.05, 3.63) is 51.3 Å². The van der Waals surface area contributed by atoms with Gasteiger partial charge in [0.15, 0.2) is 0 Å². The summed E-state index contributed by atoms with van der Waals surface area (Å²) in [5, 5.41) is 10.1. The highest BCUT2D eigenvalue weighted by molar-refractivity contribution is 9.10. The highest BCUT2D eigenvalue weighted by Crippen LogP contribution is 2.32. The van der Waals surface area contributed by atoms with Gasteiger partial charge in [-0.05, 0) is 46.6 Å². The summed E-state index contributed by atoms with van der Waals surface area (Å²) < 4.78 is 0.802. The van der Waals surface area contributed by atoms with Crippen LogP contribution >= 0.6 is 27.3 Å². The summed E-state index contributed by atoms with van der Waals surface area (Å²) in [7, 11) is 0. The fourth-order valence-corrected chi connectivity index (χ4v) is 3.59. The molecule has 0 saturated carbocycles. The highest BCUT2D eigenvalue weighted by Gasteiger charge is 2.15. The van der Waals surface area contributed by atoms with Crippen molar-refractivity contribution >= 4 is 44.1 Å². The Bertz CT molecular complexity index is 841. The molecule has 2 aromatic heterocycles. The Kier molecular flexibility index (Phi) is 3.78. The normalized spacial score (nSPS) is 11.0. The molecule has 2 heterocycles. The van der Waals surface area contributed by atoms with Gasteiger partial charge in [0.1, 0.15) is 0 Å². The van der Waals surface area contributed by atoms with E-state index in [4.69, 9.17) is 0 Å². The lowest BCUT2D eigenvalue weighted by Crippen LogP contribution is -2.00. The topological polar surface area (TPSA) is 50.2 Å². The minimum atomic E-state index is -0.936. The summed E-state index contributed by atoms with van der Waals surface area (Å²) in [6.45, 7) is 2.10. The van der Waals surface area contributed by atoms with E-state index >= 15 is 0 Å². The number of benzene rings is 1. The number of halogens is 1. The van der Waals surface area contributed by atoms with Gasteiger partial charge in [-0.2, -0.15) is 0 Å². The number of nitrogens with zero attached hydrogens (tertiary/aromatic N) is 1. The van der Waals surface area contributed by atoms with Gasteiger partial charge in [0, 0.05) is 14.7 Å². The Hall–Kier alpha value is -1.72. The number of rotatable bonds is 3. The van der Waals surface area contributed by atoms with Gasteiger partial charge in [0.05, 0.1) is 21.7 Å². The summed E-state index contributed by atoms with van der Waals surface area (Å²) in [5.74, 6) is -0.936. The molecule has 0 bridgehead atoms. The maximum atomic E-state index is 11.5. The van der Waals surface area contributed by atoms with Gasteiger partial charge in [-0.1, -0.05) is 19.1 Å². The van der Waals surface area contributed by atoms with Gasteiger partial charge in [0.2, 0.25) is 0 Å². The first-order valence-corrected chi connectivity index (χ1v) is 8.12. The lowest BCUT2D eigenvalue weighted by Gasteiger charge is -2.07. The molecule has 0 radical (unpaired) electrons. The third-order valence-corrected chi connectivity index (χ3v) is 5.18. The van der Waals surface area contributed by atoms with E-state index in [1.165, 1.54) is 4.88 Å². The van der Waals surface area contributed by atoms with Crippen LogP contribution < -0.4 is 0 Å². The molecule has 106 valence electrons. The van der Waals surface area contributed by atoms with Crippen molar-refractivity contribution in [1.29, 1.82) is 0 Å². The Morgan fingerprint density at radius 3 is 2.81 bits per heavy atom. The van der Waals surface area contributed by atoms with Crippen molar-refractivity contribution in [2.45, 2.75) is 13.3 Å². The zero-order chi connectivity index (χ0) is 15.0. The van der Waals surface area contributed by atoms with E-state index in [-0.39, 0.29) is 5.56 Å². The molecular formula is C16H12BrNO2S. The van der Waals surface area contributed by atoms with Crippen LogP contribution in [0.15, 0.2) is 40.9 Å². The lowest BCUT2D eigenvalue weighted by molar-refractivity contribution is 0.0699. The van der Waals surface area contributed by atoms with Crippen molar-refractivity contribution in [1.82, 2.24) is 4.98 Å². The number of carbonyl (C=O) groups is 1. The molecule has 0 amide bonds. The smallest absolute Gasteiger partial charge is 0.336 e. The van der Waals surface area contributed by atoms with Gasteiger partial charge in [-0.3, -0.25) is 0 Å². The Labute approximate surface area is 134 Å². The van der Waals surface area contributed by atoms with Gasteiger partial charge >= 0.3 is 5.97 Å². The molecule has 3 nitrogen and oxygen atoms in total. The molecule has 0 aliphatic heterocycles. The Morgan fingerprint density at radius 1 is 1.33 bits per heavy atom. The van der Waals surface area contributed by atoms with Gasteiger partial charge < -0.3 is 5.11 Å². The number of fused-ring (bicyclic) bond motifs is 1. The molecule has 0 fully saturated rings. The second kappa shape index (κ2) is 5.58. The molecule has 3 rings (SSSR count). The van der Waals surface area contributed by atoms with Crippen molar-refractivity contribution in [3.63, 3.8) is 0 Å². The number of hydrogen-bond donors (Lipinski definition) is 1. The molecule has 3 aromatic rings. The second-order valence-electron chi connectivity index (χ2n) is 4.62. The first-order valence-electron chi connectivity index (χ1n) is 6.51. The molecule has 0 atom stereocenters. The number of pyridine rings is 1. The Balaban J connectivity index is 2.29. The van der Waals surface area contributed by atoms with E-state index < -0.39 is 5.97 Å². The molecule has 1 N–H and O–H groups in total. The van der Waals surface area contributed by atoms with Gasteiger partial charge in [-0.25, -0.2) is 9.78 Å². The number of hydrogen-bond acceptors (Lipinski definition) is 3. The summed E-state index contributed by atoms with van der Waals surface area (Å²) >= 11 is 5.10. The minimum absolute atomic E-state index is 0.280. The summed E-state index contributed by atoms with van der Waals surface area (Å²) in [5.41, 5.74) is 1.66. The van der Waals surface area contributed by atoms with Crippen LogP contribution in [-0.4, -0.2) is 16.1 Å². The van der Waals surface area contributed by atoms with Crippen LogP contribution in [0, 0.1) is 0 Å². The molecule has 0 saturated heterocycles. The van der Waals surface area contributed by atoms with Gasteiger partial charge in [-0.15, -0.1) is 11.3 Å². The van der Waals surface area contributed by atoms with E-state index in [2.05, 4.69) is 33.9 Å². The third-order valence-electron chi connectivity index (χ3n) is 3.28. The minimum Gasteiger partial charge on any atom is -0.478 e. The van der Waals surface area contributed by atoms with E-state index in [0.29, 0.717) is 16.6 Å². The predicted molar refractivity (Wildman–Crippen MR) is 89.1 cm³/mol. The van der Waals surface area contributed by atoms with Crippen molar-refractivity contribution < 1.29 is 9.90 Å². The SMILES string of the molecule is CCc1ccc(-c2cc(C(=O)O)c3cccc(Br)c3n2)s1. The predicted octanol–water partition coefficient (Wildman–Crippen LogP) is 4.99. The van der Waals surface area contributed by atoms with Crippen LogP contribution in [0.5, 0.6) is 0 Å². The van der Waals surface area contributed by atoms with Crippen LogP contribution in [0.25, 0.3) is 21.5 Å². The number of para-hydroxylation sites is 1. The number of carboxylic acid groups (broad SMARTS) is 1. The number of aryl methyl sites for hydroxylation is 1. The largest absolute Gasteiger partial charge is 0.478 e. The van der Waals surface area contributed by atoms with E-state index in [1.54, 1.807) is 23.5 Å². The molecule has 0 aliphatic carbocycles. The van der Waals surface area contributed by atoms with Crippen LogP contribution in [0.3, 0.4) is 0 Å². The van der Waals surface area contributed by atoms with Crippen molar-refractivity contribution in [2.24, 2.45) is 0 Å². The second-order valence-corrected chi connectivity index (χ2v) is 6.64. The van der Waals surface area contributed by atoms with E-state index in [0.717, 1.165) is 15.8 Å². The lowest BCUT2D eigenvalue weighted by atomic mass is 10.1. The molecule has 0 aliphatic rings. The first-order chi connectivity index (χ1) is 10.1. The van der Waals surface area contributed by atoms with Crippen LogP contribution in [0.1, 0.15) is 22.2 Å². The number of aromatic nitrogens is 1. The van der Waals surface area contributed by atoms with E-state index in [1.807, 2.05) is 18.2 Å². The zero-order valence-corrected chi connectivity index (χ0v) is 13.7. The van der Waals surface area contributed by atoms with Crippen molar-refractivity contribution in [2.75, 3.05) is 0 Å². The van der Waals surface area contributed by atoms with E-state index in [9.17, 15) is 9.90 Å². The van der Waals surface area contributed by atoms with Crippen LogP contribution in [-0.2, 0) is 6.42 Å². The fourth-order valence-electron chi connectivity index (χ4n) is 2.22. The quantitative estimate of drug-likeness (QED) is 0.714. The summed E-state index contributed by atoms with van der Waals surface area (Å²) in [4.78, 5) is 18.4. The third kappa shape index (κ3) is 2.59. The zero-order valence-electron chi connectivity index (χ0n) is 11.3. The number of thiophene rings is 1. The van der Waals surface area contributed by atoms with Crippen molar-refractivity contribution in [3.8, 4) is 10.6 Å². The molecule has 21 heavy (non-hydrogen) atoms. The van der Waals surface area contributed by atoms with Crippen LogP contribution in [0.2, 0.25) is 0 Å². The number of carboxylic acids is 1. The summed E-state index contributed by atoms with van der Waals surface area (Å²) in [6.07, 6.45) is 0.966. The van der Waals surface area contributed by atoms with Gasteiger partial charge in [0.25, 0.3) is 0 Å². The molecule has 0 spiro atoms. The first kappa shape index (κ1) is 14.2. The molecule has 1 aromatic carbocycles. The highest BCUT2D eigenvalue weighted by atomic mass is 79.9. The molecule has 5 heteroatoms. The number of aromatic carboxylic acids is 1. The molecule has 0 unspecified atom stereocenters. The summed E-state index contributed by atoms with van der Waals surface area (Å²) in [6, 6.07) is 11.2. The average molecular weight is 362 g/mol. The van der Waals surface area contributed by atoms with Crippen LogP contribution in [0.4, 0.5) is 0 Å². The monoisotopic (exact) mass is 361 g/mol. The Morgan fingerprint density at radius 2 is 2.14 bits per heavy atom. The molecular weight excluding hydrogens is 350 g/mol.